The Kier molecular flexibility index (Phi) is 5.98. The maximum absolute atomic E-state index is 11.8. The minimum atomic E-state index is -0.596. The molecule has 1 aromatic rings. The molecule has 1 rings (SSSR count). The second-order valence-electron chi connectivity index (χ2n) is 3.82. The predicted octanol–water partition coefficient (Wildman–Crippen LogP) is -0.382. The summed E-state index contributed by atoms with van der Waals surface area (Å²) >= 11 is 5.89. The van der Waals surface area contributed by atoms with Gasteiger partial charge in [0, 0.05) is 20.0 Å². The van der Waals surface area contributed by atoms with E-state index in [0.29, 0.717) is 18.8 Å². The van der Waals surface area contributed by atoms with E-state index >= 15 is 0 Å². The van der Waals surface area contributed by atoms with Crippen molar-refractivity contribution in [3.8, 4) is 0 Å². The lowest BCUT2D eigenvalue weighted by Crippen LogP contribution is -2.29. The smallest absolute Gasteiger partial charge is 0.327 e. The van der Waals surface area contributed by atoms with Crippen molar-refractivity contribution in [2.24, 2.45) is 0 Å². The number of hydrogen-bond acceptors (Lipinski definition) is 6. The summed E-state index contributed by atoms with van der Waals surface area (Å²) in [5.74, 6) is -0.744. The molecule has 0 unspecified atom stereocenters. The van der Waals surface area contributed by atoms with Crippen LogP contribution in [0.3, 0.4) is 0 Å². The molecule has 0 aliphatic rings. The van der Waals surface area contributed by atoms with Crippen molar-refractivity contribution in [2.45, 2.75) is 13.5 Å². The molecular formula is C11H15ClN4O4. The topological polar surface area (TPSA) is 102 Å². The van der Waals surface area contributed by atoms with E-state index in [2.05, 4.69) is 20.5 Å². The first kappa shape index (κ1) is 16.0. The summed E-state index contributed by atoms with van der Waals surface area (Å²) < 4.78 is 5.35. The molecule has 0 saturated carbocycles. The molecule has 1 aromatic heterocycles. The van der Waals surface area contributed by atoms with Crippen LogP contribution in [0.5, 0.6) is 0 Å². The van der Waals surface area contributed by atoms with Gasteiger partial charge in [0.25, 0.3) is 5.56 Å². The fourth-order valence-corrected chi connectivity index (χ4v) is 1.54. The van der Waals surface area contributed by atoms with Gasteiger partial charge in [-0.25, -0.2) is 4.68 Å². The van der Waals surface area contributed by atoms with Crippen molar-refractivity contribution in [3.63, 3.8) is 0 Å². The predicted molar refractivity (Wildman–Crippen MR) is 72.7 cm³/mol. The number of rotatable bonds is 6. The zero-order valence-electron chi connectivity index (χ0n) is 11.1. The van der Waals surface area contributed by atoms with E-state index in [4.69, 9.17) is 11.6 Å². The van der Waals surface area contributed by atoms with Crippen LogP contribution in [0.15, 0.2) is 11.0 Å². The second kappa shape index (κ2) is 7.49. The number of nitrogens with zero attached hydrogens (tertiary/aromatic N) is 2. The van der Waals surface area contributed by atoms with Crippen molar-refractivity contribution in [2.75, 3.05) is 25.5 Å². The van der Waals surface area contributed by atoms with Gasteiger partial charge in [-0.05, 0) is 0 Å². The van der Waals surface area contributed by atoms with Crippen molar-refractivity contribution >= 4 is 29.2 Å². The van der Waals surface area contributed by atoms with Crippen LogP contribution >= 0.6 is 11.6 Å². The number of esters is 1. The molecule has 1 amide bonds. The van der Waals surface area contributed by atoms with E-state index in [1.165, 1.54) is 20.2 Å². The zero-order valence-corrected chi connectivity index (χ0v) is 11.9. The standard InChI is InChI=1S/C11H15ClN4O4/c1-7(17)13-3-4-14-8-5-15-16(6-9(18)20-2)11(19)10(8)12/h5,14H,3-4,6H2,1-2H3,(H,13,17). The Balaban J connectivity index is 2.71. The van der Waals surface area contributed by atoms with E-state index in [0.717, 1.165) is 4.68 Å². The number of ether oxygens (including phenoxy) is 1. The summed E-state index contributed by atoms with van der Waals surface area (Å²) in [7, 11) is 1.22. The van der Waals surface area contributed by atoms with Gasteiger partial charge in [0.2, 0.25) is 5.91 Å². The maximum Gasteiger partial charge on any atom is 0.327 e. The largest absolute Gasteiger partial charge is 0.468 e. The molecule has 20 heavy (non-hydrogen) atoms. The minimum Gasteiger partial charge on any atom is -0.468 e. The first-order chi connectivity index (χ1) is 9.45. The molecule has 1 heterocycles. The highest BCUT2D eigenvalue weighted by molar-refractivity contribution is 6.32. The van der Waals surface area contributed by atoms with E-state index < -0.39 is 11.5 Å². The van der Waals surface area contributed by atoms with Crippen molar-refractivity contribution < 1.29 is 14.3 Å². The third-order valence-electron chi connectivity index (χ3n) is 2.31. The molecule has 0 saturated heterocycles. The number of anilines is 1. The molecule has 0 aliphatic heterocycles. The van der Waals surface area contributed by atoms with Gasteiger partial charge in [0.05, 0.1) is 19.0 Å². The Morgan fingerprint density at radius 3 is 2.75 bits per heavy atom. The summed E-state index contributed by atoms with van der Waals surface area (Å²) in [5, 5.41) is 9.18. The van der Waals surface area contributed by atoms with Crippen LogP contribution < -0.4 is 16.2 Å². The summed E-state index contributed by atoms with van der Waals surface area (Å²) in [5.41, 5.74) is -0.260. The van der Waals surface area contributed by atoms with Crippen molar-refractivity contribution in [1.29, 1.82) is 0 Å². The van der Waals surface area contributed by atoms with E-state index in [1.807, 2.05) is 0 Å². The Labute approximate surface area is 120 Å². The number of nitrogens with one attached hydrogen (secondary N) is 2. The average molecular weight is 303 g/mol. The summed E-state index contributed by atoms with van der Waals surface area (Å²) in [6, 6.07) is 0. The van der Waals surface area contributed by atoms with Gasteiger partial charge >= 0.3 is 5.97 Å². The molecule has 0 bridgehead atoms. The van der Waals surface area contributed by atoms with Crippen LogP contribution in [-0.2, 0) is 20.9 Å². The number of aromatic nitrogens is 2. The SMILES string of the molecule is COC(=O)Cn1ncc(NCCNC(C)=O)c(Cl)c1=O. The zero-order chi connectivity index (χ0) is 15.1. The van der Waals surface area contributed by atoms with Gasteiger partial charge in [0.1, 0.15) is 11.6 Å². The number of amides is 1. The van der Waals surface area contributed by atoms with Crippen LogP contribution in [-0.4, -0.2) is 41.9 Å². The quantitative estimate of drug-likeness (QED) is 0.548. The van der Waals surface area contributed by atoms with Crippen LogP contribution in [0.25, 0.3) is 0 Å². The fraction of sp³-hybridized carbons (Fsp3) is 0.455. The average Bonchev–Trinajstić information content (AvgIpc) is 2.41. The van der Waals surface area contributed by atoms with Gasteiger partial charge < -0.3 is 15.4 Å². The molecule has 110 valence electrons. The molecule has 0 aromatic carbocycles. The molecule has 2 N–H and O–H groups in total. The fourth-order valence-electron chi connectivity index (χ4n) is 1.32. The Bertz CT molecular complexity index is 558. The van der Waals surface area contributed by atoms with Crippen LogP contribution in [0.4, 0.5) is 5.69 Å². The van der Waals surface area contributed by atoms with Crippen LogP contribution in [0.1, 0.15) is 6.92 Å². The van der Waals surface area contributed by atoms with Crippen LogP contribution in [0, 0.1) is 0 Å². The first-order valence-electron chi connectivity index (χ1n) is 5.76. The molecule has 0 atom stereocenters. The highest BCUT2D eigenvalue weighted by Crippen LogP contribution is 2.14. The molecule has 9 heteroatoms. The van der Waals surface area contributed by atoms with Gasteiger partial charge in [-0.15, -0.1) is 0 Å². The van der Waals surface area contributed by atoms with E-state index in [9.17, 15) is 14.4 Å². The number of hydrogen-bond donors (Lipinski definition) is 2. The van der Waals surface area contributed by atoms with Crippen molar-refractivity contribution in [3.05, 3.63) is 21.6 Å². The lowest BCUT2D eigenvalue weighted by atomic mass is 10.4. The highest BCUT2D eigenvalue weighted by atomic mass is 35.5. The van der Waals surface area contributed by atoms with Gasteiger partial charge in [0.15, 0.2) is 0 Å². The Morgan fingerprint density at radius 1 is 1.45 bits per heavy atom. The van der Waals surface area contributed by atoms with Gasteiger partial charge in [-0.2, -0.15) is 5.10 Å². The summed E-state index contributed by atoms with van der Waals surface area (Å²) in [6.07, 6.45) is 1.33. The molecule has 0 spiro atoms. The lowest BCUT2D eigenvalue weighted by molar-refractivity contribution is -0.141. The Morgan fingerprint density at radius 2 is 2.15 bits per heavy atom. The summed E-state index contributed by atoms with van der Waals surface area (Å²) in [4.78, 5) is 33.6. The number of halogens is 1. The normalized spacial score (nSPS) is 9.95. The third kappa shape index (κ3) is 4.54. The molecule has 0 fully saturated rings. The van der Waals surface area contributed by atoms with Crippen molar-refractivity contribution in [1.82, 2.24) is 15.1 Å². The van der Waals surface area contributed by atoms with Gasteiger partial charge in [-0.1, -0.05) is 11.6 Å². The third-order valence-corrected chi connectivity index (χ3v) is 2.67. The summed E-state index contributed by atoms with van der Waals surface area (Å²) in [6.45, 7) is 1.88. The number of carbonyl (C=O) groups is 2. The second-order valence-corrected chi connectivity index (χ2v) is 4.20. The highest BCUT2D eigenvalue weighted by Gasteiger charge is 2.11. The molecular weight excluding hydrogens is 288 g/mol. The maximum atomic E-state index is 11.8. The molecule has 8 nitrogen and oxygen atoms in total. The van der Waals surface area contributed by atoms with E-state index in [1.54, 1.807) is 0 Å². The van der Waals surface area contributed by atoms with Gasteiger partial charge in [-0.3, -0.25) is 14.4 Å². The number of methoxy groups -OCH3 is 1. The monoisotopic (exact) mass is 302 g/mol. The first-order valence-corrected chi connectivity index (χ1v) is 6.14. The minimum absolute atomic E-state index is 0.0771. The molecule has 0 aliphatic carbocycles. The Hall–Kier alpha value is -2.09. The molecule has 0 radical (unpaired) electrons. The van der Waals surface area contributed by atoms with E-state index in [-0.39, 0.29) is 17.5 Å². The number of carbonyl (C=O) groups excluding carboxylic acids is 2. The van der Waals surface area contributed by atoms with Crippen LogP contribution in [0.2, 0.25) is 5.02 Å². The lowest BCUT2D eigenvalue weighted by Gasteiger charge is -2.09.